The molecule has 168 valence electrons. The summed E-state index contributed by atoms with van der Waals surface area (Å²) in [7, 11) is 0. The first-order valence-electron chi connectivity index (χ1n) is 11.7. The highest BCUT2D eigenvalue weighted by Gasteiger charge is 2.26. The molecule has 6 heteroatoms. The van der Waals surface area contributed by atoms with Gasteiger partial charge in [0, 0.05) is 43.5 Å². The van der Waals surface area contributed by atoms with Crippen molar-refractivity contribution >= 4 is 17.2 Å². The first kappa shape index (κ1) is 21.2. The monoisotopic (exact) mass is 439 g/mol. The maximum atomic E-state index is 12.8. The van der Waals surface area contributed by atoms with Crippen molar-refractivity contribution < 1.29 is 4.79 Å². The fraction of sp³-hybridized carbons (Fsp3) is 0.296. The van der Waals surface area contributed by atoms with Crippen LogP contribution in [0.5, 0.6) is 0 Å². The number of rotatable bonds is 6. The SMILES string of the molecule is CCc1ccc(CNC(=O)C2CCN(c3nccn4nc(-c5ccccc5)cc34)CC2)cc1. The molecule has 1 N–H and O–H groups in total. The molecule has 1 aliphatic heterocycles. The van der Waals surface area contributed by atoms with Crippen LogP contribution in [0, 0.1) is 5.92 Å². The minimum Gasteiger partial charge on any atom is -0.355 e. The van der Waals surface area contributed by atoms with Gasteiger partial charge >= 0.3 is 0 Å². The topological polar surface area (TPSA) is 62.5 Å². The summed E-state index contributed by atoms with van der Waals surface area (Å²) in [6, 6.07) is 20.7. The van der Waals surface area contributed by atoms with E-state index in [0.717, 1.165) is 60.5 Å². The van der Waals surface area contributed by atoms with Crippen LogP contribution in [0.4, 0.5) is 5.82 Å². The Morgan fingerprint density at radius 2 is 1.76 bits per heavy atom. The number of amides is 1. The number of carbonyl (C=O) groups excluding carboxylic acids is 1. The number of aromatic nitrogens is 3. The van der Waals surface area contributed by atoms with E-state index in [-0.39, 0.29) is 11.8 Å². The molecule has 0 saturated carbocycles. The van der Waals surface area contributed by atoms with Crippen molar-refractivity contribution in [1.29, 1.82) is 0 Å². The summed E-state index contributed by atoms with van der Waals surface area (Å²) in [5, 5.41) is 7.86. The zero-order valence-electron chi connectivity index (χ0n) is 18.9. The van der Waals surface area contributed by atoms with Crippen molar-refractivity contribution in [3.05, 3.63) is 84.2 Å². The average molecular weight is 440 g/mol. The van der Waals surface area contributed by atoms with Crippen molar-refractivity contribution in [2.45, 2.75) is 32.7 Å². The molecule has 0 aliphatic carbocycles. The molecule has 0 unspecified atom stereocenters. The van der Waals surface area contributed by atoms with E-state index < -0.39 is 0 Å². The van der Waals surface area contributed by atoms with Gasteiger partial charge in [0.05, 0.1) is 5.69 Å². The van der Waals surface area contributed by atoms with E-state index in [1.165, 1.54) is 5.56 Å². The summed E-state index contributed by atoms with van der Waals surface area (Å²) in [6.07, 6.45) is 6.36. The van der Waals surface area contributed by atoms with Crippen LogP contribution in [0.15, 0.2) is 73.1 Å². The molecule has 6 nitrogen and oxygen atoms in total. The standard InChI is InChI=1S/C27H29N5O/c1-2-20-8-10-21(11-9-20)19-29-27(33)23-12-15-31(16-13-23)26-25-18-24(22-6-4-3-5-7-22)30-32(25)17-14-28-26/h3-11,14,17-18,23H,2,12-13,15-16,19H2,1H3,(H,29,33). The van der Waals surface area contributed by atoms with Crippen LogP contribution in [0.1, 0.15) is 30.9 Å². The molecule has 2 aromatic carbocycles. The lowest BCUT2D eigenvalue weighted by molar-refractivity contribution is -0.125. The lowest BCUT2D eigenvalue weighted by Crippen LogP contribution is -2.40. The molecule has 0 spiro atoms. The van der Waals surface area contributed by atoms with E-state index in [2.05, 4.69) is 64.6 Å². The minimum atomic E-state index is 0.0423. The Morgan fingerprint density at radius 1 is 1.03 bits per heavy atom. The van der Waals surface area contributed by atoms with Crippen molar-refractivity contribution in [2.24, 2.45) is 5.92 Å². The minimum absolute atomic E-state index is 0.0423. The van der Waals surface area contributed by atoms with Crippen LogP contribution in [-0.2, 0) is 17.8 Å². The molecule has 0 bridgehead atoms. The Hall–Kier alpha value is -3.67. The van der Waals surface area contributed by atoms with Gasteiger partial charge in [-0.3, -0.25) is 4.79 Å². The number of fused-ring (bicyclic) bond motifs is 1. The number of nitrogens with one attached hydrogen (secondary N) is 1. The number of hydrogen-bond acceptors (Lipinski definition) is 4. The molecule has 1 amide bonds. The lowest BCUT2D eigenvalue weighted by Gasteiger charge is -2.32. The van der Waals surface area contributed by atoms with Crippen LogP contribution in [-0.4, -0.2) is 33.6 Å². The number of carbonyl (C=O) groups is 1. The van der Waals surface area contributed by atoms with Crippen LogP contribution in [0.2, 0.25) is 0 Å². The summed E-state index contributed by atoms with van der Waals surface area (Å²) in [5.41, 5.74) is 5.48. The normalized spacial score (nSPS) is 14.5. The molecule has 1 aliphatic rings. The molecule has 1 saturated heterocycles. The average Bonchev–Trinajstić information content (AvgIpc) is 3.33. The Morgan fingerprint density at radius 3 is 2.48 bits per heavy atom. The first-order chi connectivity index (χ1) is 16.2. The molecular weight excluding hydrogens is 410 g/mol. The third kappa shape index (κ3) is 4.60. The third-order valence-corrected chi connectivity index (χ3v) is 6.50. The van der Waals surface area contributed by atoms with Crippen LogP contribution in [0.3, 0.4) is 0 Å². The molecule has 2 aromatic heterocycles. The fourth-order valence-corrected chi connectivity index (χ4v) is 4.48. The van der Waals surface area contributed by atoms with Crippen molar-refractivity contribution in [2.75, 3.05) is 18.0 Å². The fourth-order valence-electron chi connectivity index (χ4n) is 4.48. The van der Waals surface area contributed by atoms with Gasteiger partial charge in [-0.15, -0.1) is 0 Å². The molecule has 33 heavy (non-hydrogen) atoms. The maximum Gasteiger partial charge on any atom is 0.223 e. The first-order valence-corrected chi connectivity index (χ1v) is 11.7. The highest BCUT2D eigenvalue weighted by Crippen LogP contribution is 2.28. The van der Waals surface area contributed by atoms with Crippen LogP contribution < -0.4 is 10.2 Å². The zero-order valence-corrected chi connectivity index (χ0v) is 18.9. The lowest BCUT2D eigenvalue weighted by atomic mass is 9.95. The van der Waals surface area contributed by atoms with Gasteiger partial charge in [0.2, 0.25) is 5.91 Å². The van der Waals surface area contributed by atoms with Crippen molar-refractivity contribution in [3.8, 4) is 11.3 Å². The predicted octanol–water partition coefficient (Wildman–Crippen LogP) is 4.49. The van der Waals surface area contributed by atoms with Gasteiger partial charge in [0.1, 0.15) is 5.52 Å². The molecule has 4 aromatic rings. The van der Waals surface area contributed by atoms with Gasteiger partial charge in [0.15, 0.2) is 5.82 Å². The summed E-state index contributed by atoms with van der Waals surface area (Å²) < 4.78 is 1.90. The van der Waals surface area contributed by atoms with E-state index in [4.69, 9.17) is 5.10 Å². The van der Waals surface area contributed by atoms with E-state index >= 15 is 0 Å². The Balaban J connectivity index is 1.22. The van der Waals surface area contributed by atoms with E-state index in [0.29, 0.717) is 6.54 Å². The molecule has 1 fully saturated rings. The quantitative estimate of drug-likeness (QED) is 0.481. The second-order valence-electron chi connectivity index (χ2n) is 8.63. The Kier molecular flexibility index (Phi) is 6.07. The summed E-state index contributed by atoms with van der Waals surface area (Å²) in [5.74, 6) is 1.12. The van der Waals surface area contributed by atoms with Crippen LogP contribution in [0.25, 0.3) is 16.8 Å². The van der Waals surface area contributed by atoms with Crippen LogP contribution >= 0.6 is 0 Å². The number of anilines is 1. The summed E-state index contributed by atoms with van der Waals surface area (Å²) in [6.45, 7) is 4.35. The highest BCUT2D eigenvalue weighted by atomic mass is 16.1. The molecule has 0 atom stereocenters. The number of benzene rings is 2. The van der Waals surface area contributed by atoms with Gasteiger partial charge in [-0.2, -0.15) is 5.10 Å². The molecular formula is C27H29N5O. The number of nitrogens with zero attached hydrogens (tertiary/aromatic N) is 4. The van der Waals surface area contributed by atoms with Crippen molar-refractivity contribution in [1.82, 2.24) is 19.9 Å². The smallest absolute Gasteiger partial charge is 0.223 e. The largest absolute Gasteiger partial charge is 0.355 e. The molecule has 5 rings (SSSR count). The zero-order chi connectivity index (χ0) is 22.6. The predicted molar refractivity (Wildman–Crippen MR) is 131 cm³/mol. The van der Waals surface area contributed by atoms with Gasteiger partial charge < -0.3 is 10.2 Å². The third-order valence-electron chi connectivity index (χ3n) is 6.50. The molecule has 3 heterocycles. The Labute approximate surface area is 194 Å². The van der Waals surface area contributed by atoms with Gasteiger partial charge in [-0.05, 0) is 36.5 Å². The molecule has 0 radical (unpaired) electrons. The van der Waals surface area contributed by atoms with Gasteiger partial charge in [-0.1, -0.05) is 61.5 Å². The summed E-state index contributed by atoms with van der Waals surface area (Å²) >= 11 is 0. The number of piperidine rings is 1. The summed E-state index contributed by atoms with van der Waals surface area (Å²) in [4.78, 5) is 19.7. The second-order valence-corrected chi connectivity index (χ2v) is 8.63. The van der Waals surface area contributed by atoms with E-state index in [9.17, 15) is 4.79 Å². The second kappa shape index (κ2) is 9.45. The van der Waals surface area contributed by atoms with Gasteiger partial charge in [0.25, 0.3) is 0 Å². The van der Waals surface area contributed by atoms with Crippen molar-refractivity contribution in [3.63, 3.8) is 0 Å². The van der Waals surface area contributed by atoms with Gasteiger partial charge in [-0.25, -0.2) is 9.50 Å². The van der Waals surface area contributed by atoms with E-state index in [1.807, 2.05) is 28.9 Å². The Bertz CT molecular complexity index is 1220. The van der Waals surface area contributed by atoms with E-state index in [1.54, 1.807) is 6.20 Å². The maximum absolute atomic E-state index is 12.8. The number of hydrogen-bond donors (Lipinski definition) is 1. The highest BCUT2D eigenvalue weighted by molar-refractivity contribution is 5.79. The number of aryl methyl sites for hydroxylation is 1.